The van der Waals surface area contributed by atoms with Crippen LogP contribution in [0.1, 0.15) is 32.4 Å². The molecule has 0 saturated carbocycles. The van der Waals surface area contributed by atoms with Gasteiger partial charge in [0.2, 0.25) is 0 Å². The van der Waals surface area contributed by atoms with Gasteiger partial charge in [0.1, 0.15) is 11.5 Å². The normalized spacial score (nSPS) is 21.2. The van der Waals surface area contributed by atoms with Crippen molar-refractivity contribution in [3.8, 4) is 11.5 Å². The SMILES string of the molecule is CCOc1ccc(C(CN)N2CCN(C)CC2C)c(OCC)c1. The zero-order valence-corrected chi connectivity index (χ0v) is 14.9. The summed E-state index contributed by atoms with van der Waals surface area (Å²) in [6, 6.07) is 6.77. The van der Waals surface area contributed by atoms with E-state index in [2.05, 4.69) is 29.8 Å². The van der Waals surface area contributed by atoms with Crippen molar-refractivity contribution >= 4 is 0 Å². The van der Waals surface area contributed by atoms with E-state index in [4.69, 9.17) is 15.2 Å². The summed E-state index contributed by atoms with van der Waals surface area (Å²) >= 11 is 0. The molecular formula is C18H31N3O2. The Hall–Kier alpha value is -1.30. The highest BCUT2D eigenvalue weighted by Crippen LogP contribution is 2.34. The van der Waals surface area contributed by atoms with Crippen LogP contribution in [0.25, 0.3) is 0 Å². The zero-order valence-electron chi connectivity index (χ0n) is 14.9. The second kappa shape index (κ2) is 8.52. The summed E-state index contributed by atoms with van der Waals surface area (Å²) in [4.78, 5) is 4.87. The second-order valence-electron chi connectivity index (χ2n) is 6.17. The fourth-order valence-electron chi connectivity index (χ4n) is 3.38. The first-order valence-corrected chi connectivity index (χ1v) is 8.64. The molecule has 0 amide bonds. The van der Waals surface area contributed by atoms with E-state index in [1.54, 1.807) is 0 Å². The minimum atomic E-state index is 0.177. The maximum absolute atomic E-state index is 6.15. The number of nitrogens with zero attached hydrogens (tertiary/aromatic N) is 2. The Morgan fingerprint density at radius 1 is 1.22 bits per heavy atom. The molecule has 1 aromatic carbocycles. The van der Waals surface area contributed by atoms with E-state index in [-0.39, 0.29) is 6.04 Å². The van der Waals surface area contributed by atoms with Crippen LogP contribution in [0.2, 0.25) is 0 Å². The molecule has 2 N–H and O–H groups in total. The Kier molecular flexibility index (Phi) is 6.69. The van der Waals surface area contributed by atoms with Crippen molar-refractivity contribution in [2.45, 2.75) is 32.9 Å². The first kappa shape index (κ1) is 18.0. The molecule has 2 atom stereocenters. The van der Waals surface area contributed by atoms with Crippen LogP contribution in [0, 0.1) is 0 Å². The minimum absolute atomic E-state index is 0.177. The lowest BCUT2D eigenvalue weighted by molar-refractivity contribution is 0.0623. The van der Waals surface area contributed by atoms with Crippen LogP contribution in [0.5, 0.6) is 11.5 Å². The number of ether oxygens (including phenoxy) is 2. The Morgan fingerprint density at radius 3 is 2.57 bits per heavy atom. The quantitative estimate of drug-likeness (QED) is 0.834. The van der Waals surface area contributed by atoms with E-state index in [9.17, 15) is 0 Å². The van der Waals surface area contributed by atoms with Crippen LogP contribution in [0.3, 0.4) is 0 Å². The number of hydrogen-bond donors (Lipinski definition) is 1. The van der Waals surface area contributed by atoms with Gasteiger partial charge in [-0.3, -0.25) is 4.90 Å². The molecule has 0 aliphatic carbocycles. The fraction of sp³-hybridized carbons (Fsp3) is 0.667. The van der Waals surface area contributed by atoms with Gasteiger partial charge in [-0.2, -0.15) is 0 Å². The molecule has 1 aliphatic rings. The number of rotatable bonds is 7. The largest absolute Gasteiger partial charge is 0.494 e. The third kappa shape index (κ3) is 4.37. The zero-order chi connectivity index (χ0) is 16.8. The number of nitrogens with two attached hydrogens (primary N) is 1. The van der Waals surface area contributed by atoms with Crippen molar-refractivity contribution in [1.82, 2.24) is 9.80 Å². The summed E-state index contributed by atoms with van der Waals surface area (Å²) in [7, 11) is 2.17. The number of likely N-dealkylation sites (N-methyl/N-ethyl adjacent to an activating group) is 1. The average molecular weight is 321 g/mol. The van der Waals surface area contributed by atoms with Crippen molar-refractivity contribution in [1.29, 1.82) is 0 Å². The molecule has 0 spiro atoms. The van der Waals surface area contributed by atoms with Gasteiger partial charge < -0.3 is 20.1 Å². The Bertz CT molecular complexity index is 495. The van der Waals surface area contributed by atoms with Crippen LogP contribution in [0.4, 0.5) is 0 Å². The van der Waals surface area contributed by atoms with Gasteiger partial charge in [0.05, 0.1) is 19.3 Å². The third-order valence-corrected chi connectivity index (χ3v) is 4.46. The third-order valence-electron chi connectivity index (χ3n) is 4.46. The van der Waals surface area contributed by atoms with Gasteiger partial charge in [-0.25, -0.2) is 0 Å². The molecule has 0 bridgehead atoms. The molecule has 5 nitrogen and oxygen atoms in total. The lowest BCUT2D eigenvalue weighted by Gasteiger charge is -2.43. The number of benzene rings is 1. The van der Waals surface area contributed by atoms with Gasteiger partial charge in [-0.1, -0.05) is 6.07 Å². The van der Waals surface area contributed by atoms with Crippen LogP contribution in [-0.4, -0.2) is 62.3 Å². The van der Waals surface area contributed by atoms with Gasteiger partial charge in [-0.15, -0.1) is 0 Å². The molecular weight excluding hydrogens is 290 g/mol. The molecule has 23 heavy (non-hydrogen) atoms. The van der Waals surface area contributed by atoms with Crippen molar-refractivity contribution in [2.75, 3.05) is 46.4 Å². The van der Waals surface area contributed by atoms with Crippen LogP contribution in [-0.2, 0) is 0 Å². The minimum Gasteiger partial charge on any atom is -0.494 e. The molecule has 1 aliphatic heterocycles. The van der Waals surface area contributed by atoms with Gasteiger partial charge in [-0.05, 0) is 33.9 Å². The highest BCUT2D eigenvalue weighted by Gasteiger charge is 2.30. The van der Waals surface area contributed by atoms with Gasteiger partial charge >= 0.3 is 0 Å². The Labute approximate surface area is 140 Å². The van der Waals surface area contributed by atoms with E-state index in [0.29, 0.717) is 25.8 Å². The van der Waals surface area contributed by atoms with E-state index >= 15 is 0 Å². The first-order valence-electron chi connectivity index (χ1n) is 8.64. The first-order chi connectivity index (χ1) is 11.1. The highest BCUT2D eigenvalue weighted by atomic mass is 16.5. The Morgan fingerprint density at radius 2 is 1.96 bits per heavy atom. The molecule has 2 rings (SSSR count). The topological polar surface area (TPSA) is 51.0 Å². The van der Waals surface area contributed by atoms with E-state index in [0.717, 1.165) is 36.7 Å². The highest BCUT2D eigenvalue weighted by molar-refractivity contribution is 5.43. The molecule has 1 heterocycles. The number of piperazine rings is 1. The molecule has 1 aromatic rings. The van der Waals surface area contributed by atoms with Crippen molar-refractivity contribution in [3.05, 3.63) is 23.8 Å². The van der Waals surface area contributed by atoms with Crippen molar-refractivity contribution in [3.63, 3.8) is 0 Å². The van der Waals surface area contributed by atoms with Crippen molar-refractivity contribution < 1.29 is 9.47 Å². The predicted octanol–water partition coefficient (Wildman–Crippen LogP) is 2.12. The standard InChI is InChI=1S/C18H31N3O2/c1-5-22-15-7-8-16(18(11-15)23-6-2)17(12-19)21-10-9-20(4)13-14(21)3/h7-8,11,14,17H,5-6,9-10,12-13,19H2,1-4H3. The summed E-state index contributed by atoms with van der Waals surface area (Å²) < 4.78 is 11.5. The Balaban J connectivity index is 2.28. The summed E-state index contributed by atoms with van der Waals surface area (Å²) in [6.07, 6.45) is 0. The molecule has 130 valence electrons. The molecule has 0 radical (unpaired) electrons. The summed E-state index contributed by atoms with van der Waals surface area (Å²) in [6.45, 7) is 11.3. The van der Waals surface area contributed by atoms with E-state index in [1.165, 1.54) is 0 Å². The van der Waals surface area contributed by atoms with Crippen molar-refractivity contribution in [2.24, 2.45) is 5.73 Å². The maximum atomic E-state index is 6.15. The van der Waals surface area contributed by atoms with E-state index in [1.807, 2.05) is 26.0 Å². The fourth-order valence-corrected chi connectivity index (χ4v) is 3.38. The van der Waals surface area contributed by atoms with Gasteiger partial charge in [0.25, 0.3) is 0 Å². The predicted molar refractivity (Wildman–Crippen MR) is 94.2 cm³/mol. The molecule has 1 saturated heterocycles. The lowest BCUT2D eigenvalue weighted by atomic mass is 10.0. The summed E-state index contributed by atoms with van der Waals surface area (Å²) in [5, 5.41) is 0. The second-order valence-corrected chi connectivity index (χ2v) is 6.17. The van der Waals surface area contributed by atoms with E-state index < -0.39 is 0 Å². The number of hydrogen-bond acceptors (Lipinski definition) is 5. The maximum Gasteiger partial charge on any atom is 0.127 e. The van der Waals surface area contributed by atoms with Gasteiger partial charge in [0.15, 0.2) is 0 Å². The molecule has 0 aromatic heterocycles. The molecule has 2 unspecified atom stereocenters. The van der Waals surface area contributed by atoms with Crippen LogP contribution in [0.15, 0.2) is 18.2 Å². The molecule has 5 heteroatoms. The lowest BCUT2D eigenvalue weighted by Crippen LogP contribution is -2.52. The van der Waals surface area contributed by atoms with Crippen LogP contribution >= 0.6 is 0 Å². The smallest absolute Gasteiger partial charge is 0.127 e. The summed E-state index contributed by atoms with van der Waals surface area (Å²) in [5.41, 5.74) is 7.31. The monoisotopic (exact) mass is 321 g/mol. The molecule has 1 fully saturated rings. The average Bonchev–Trinajstić information content (AvgIpc) is 2.52. The summed E-state index contributed by atoms with van der Waals surface area (Å²) in [5.74, 6) is 1.74. The van der Waals surface area contributed by atoms with Gasteiger partial charge in [0, 0.05) is 43.9 Å². The van der Waals surface area contributed by atoms with Crippen LogP contribution < -0.4 is 15.2 Å².